The third kappa shape index (κ3) is 4.21. The van der Waals surface area contributed by atoms with Crippen molar-refractivity contribution >= 4 is 21.6 Å². The molecule has 0 amide bonds. The summed E-state index contributed by atoms with van der Waals surface area (Å²) in [5.41, 5.74) is 1.82. The summed E-state index contributed by atoms with van der Waals surface area (Å²) >= 11 is 6.12. The van der Waals surface area contributed by atoms with Crippen LogP contribution in [0, 0.1) is 0 Å². The van der Waals surface area contributed by atoms with Crippen molar-refractivity contribution in [1.29, 1.82) is 0 Å². The van der Waals surface area contributed by atoms with E-state index in [9.17, 15) is 8.42 Å². The van der Waals surface area contributed by atoms with Crippen molar-refractivity contribution in [1.82, 2.24) is 4.31 Å². The first-order valence-electron chi connectivity index (χ1n) is 8.94. The molecule has 2 aromatic rings. The zero-order valence-electron chi connectivity index (χ0n) is 14.9. The summed E-state index contributed by atoms with van der Waals surface area (Å²) in [7, 11) is -3.36. The fraction of sp³-hybridized carbons (Fsp3) is 0.368. The number of piperazine rings is 1. The predicted octanol–water partition coefficient (Wildman–Crippen LogP) is 1.30. The van der Waals surface area contributed by atoms with Gasteiger partial charge in [0.25, 0.3) is 0 Å². The van der Waals surface area contributed by atoms with Crippen LogP contribution in [0.15, 0.2) is 42.5 Å². The number of nitrogens with one attached hydrogen (secondary N) is 1. The molecule has 1 N–H and O–H groups in total. The Labute approximate surface area is 164 Å². The Morgan fingerprint density at radius 1 is 1.04 bits per heavy atom. The molecule has 2 heterocycles. The van der Waals surface area contributed by atoms with Gasteiger partial charge in [0.1, 0.15) is 6.54 Å². The molecule has 0 aliphatic carbocycles. The molecular weight excluding hydrogens is 388 g/mol. The maximum absolute atomic E-state index is 12.7. The van der Waals surface area contributed by atoms with Crippen LogP contribution in [0.2, 0.25) is 5.02 Å². The second kappa shape index (κ2) is 7.67. The van der Waals surface area contributed by atoms with Gasteiger partial charge in [0, 0.05) is 10.6 Å². The van der Waals surface area contributed by atoms with Crippen LogP contribution >= 0.6 is 11.6 Å². The van der Waals surface area contributed by atoms with Crippen LogP contribution in [0.3, 0.4) is 0 Å². The van der Waals surface area contributed by atoms with Crippen molar-refractivity contribution < 1.29 is 22.8 Å². The number of halogens is 1. The van der Waals surface area contributed by atoms with Crippen molar-refractivity contribution in [2.45, 2.75) is 12.3 Å². The average molecular weight is 410 g/mol. The fourth-order valence-electron chi connectivity index (χ4n) is 3.50. The van der Waals surface area contributed by atoms with Crippen LogP contribution < -0.4 is 14.4 Å². The number of benzene rings is 2. The molecule has 0 unspecified atom stereocenters. The van der Waals surface area contributed by atoms with Crippen LogP contribution in [-0.4, -0.2) is 45.7 Å². The molecular formula is C19H22ClN2O4S+. The van der Waals surface area contributed by atoms with E-state index < -0.39 is 10.0 Å². The summed E-state index contributed by atoms with van der Waals surface area (Å²) < 4.78 is 37.8. The summed E-state index contributed by atoms with van der Waals surface area (Å²) in [5, 5.41) is 0.494. The molecule has 2 aromatic carbocycles. The largest absolute Gasteiger partial charge is 0.454 e. The Bertz CT molecular complexity index is 927. The van der Waals surface area contributed by atoms with E-state index in [0.717, 1.165) is 31.1 Å². The van der Waals surface area contributed by atoms with E-state index in [-0.39, 0.29) is 12.5 Å². The Morgan fingerprint density at radius 3 is 2.56 bits per heavy atom. The maximum Gasteiger partial charge on any atom is 0.231 e. The standard InChI is InChI=1S/C19H21ClN2O4S/c20-17-4-2-1-3-16(17)13-27(23,24)22-9-7-21(8-10-22)12-15-5-6-18-19(11-15)26-14-25-18/h1-6,11H,7-10,12-14H2/p+1. The molecule has 27 heavy (non-hydrogen) atoms. The quantitative estimate of drug-likeness (QED) is 0.808. The maximum atomic E-state index is 12.7. The van der Waals surface area contributed by atoms with E-state index in [1.54, 1.807) is 22.5 Å². The minimum absolute atomic E-state index is 0.0514. The molecule has 0 spiro atoms. The third-order valence-corrected chi connectivity index (χ3v) is 7.21. The number of nitrogens with zero attached hydrogens (tertiary/aromatic N) is 1. The molecule has 1 fully saturated rings. The normalized spacial score (nSPS) is 18.0. The van der Waals surface area contributed by atoms with Gasteiger partial charge in [-0.3, -0.25) is 0 Å². The molecule has 6 nitrogen and oxygen atoms in total. The average Bonchev–Trinajstić information content (AvgIpc) is 3.12. The van der Waals surface area contributed by atoms with Crippen LogP contribution in [0.5, 0.6) is 11.5 Å². The lowest BCUT2D eigenvalue weighted by Gasteiger charge is -2.31. The molecule has 4 rings (SSSR count). The number of hydrogen-bond donors (Lipinski definition) is 1. The van der Waals surface area contributed by atoms with Crippen LogP contribution in [0.4, 0.5) is 0 Å². The Morgan fingerprint density at radius 2 is 1.78 bits per heavy atom. The lowest BCUT2D eigenvalue weighted by atomic mass is 10.2. The van der Waals surface area contributed by atoms with E-state index in [1.807, 2.05) is 24.3 Å². The highest BCUT2D eigenvalue weighted by Crippen LogP contribution is 2.32. The van der Waals surface area contributed by atoms with Crippen molar-refractivity contribution in [3.05, 3.63) is 58.6 Å². The number of quaternary nitrogens is 1. The fourth-order valence-corrected chi connectivity index (χ4v) is 5.35. The predicted molar refractivity (Wildman–Crippen MR) is 103 cm³/mol. The summed E-state index contributed by atoms with van der Waals surface area (Å²) in [6.45, 7) is 3.70. The number of hydrogen-bond acceptors (Lipinski definition) is 4. The Hall–Kier alpha value is -1.80. The number of ether oxygens (including phenoxy) is 2. The molecule has 0 saturated carbocycles. The van der Waals surface area contributed by atoms with Gasteiger partial charge >= 0.3 is 0 Å². The second-order valence-corrected chi connectivity index (χ2v) is 9.24. The Kier molecular flexibility index (Phi) is 5.27. The van der Waals surface area contributed by atoms with Crippen LogP contribution in [-0.2, 0) is 22.3 Å². The number of rotatable bonds is 5. The van der Waals surface area contributed by atoms with Crippen molar-refractivity contribution in [3.63, 3.8) is 0 Å². The first-order valence-corrected chi connectivity index (χ1v) is 10.9. The van der Waals surface area contributed by atoms with Crippen LogP contribution in [0.25, 0.3) is 0 Å². The van der Waals surface area contributed by atoms with Gasteiger partial charge < -0.3 is 14.4 Å². The highest BCUT2D eigenvalue weighted by atomic mass is 35.5. The molecule has 0 atom stereocenters. The van der Waals surface area contributed by atoms with Crippen molar-refractivity contribution in [2.24, 2.45) is 0 Å². The minimum atomic E-state index is -3.36. The smallest absolute Gasteiger partial charge is 0.231 e. The lowest BCUT2D eigenvalue weighted by Crippen LogP contribution is -3.13. The van der Waals surface area contributed by atoms with E-state index >= 15 is 0 Å². The molecule has 0 bridgehead atoms. The summed E-state index contributed by atoms with van der Waals surface area (Å²) in [4.78, 5) is 1.36. The molecule has 2 aliphatic rings. The van der Waals surface area contributed by atoms with Gasteiger partial charge in [-0.1, -0.05) is 29.8 Å². The molecule has 8 heteroatoms. The monoisotopic (exact) mass is 409 g/mol. The van der Waals surface area contributed by atoms with Gasteiger partial charge in [0.2, 0.25) is 16.8 Å². The topological polar surface area (TPSA) is 60.3 Å². The van der Waals surface area contributed by atoms with Crippen molar-refractivity contribution in [2.75, 3.05) is 33.0 Å². The van der Waals surface area contributed by atoms with Gasteiger partial charge in [-0.15, -0.1) is 0 Å². The first kappa shape index (κ1) is 18.6. The first-order chi connectivity index (χ1) is 13.0. The zero-order chi connectivity index (χ0) is 18.9. The number of fused-ring (bicyclic) bond motifs is 1. The van der Waals surface area contributed by atoms with Gasteiger partial charge in [0.05, 0.1) is 31.9 Å². The molecule has 0 aromatic heterocycles. The zero-order valence-corrected chi connectivity index (χ0v) is 16.4. The van der Waals surface area contributed by atoms with Crippen molar-refractivity contribution in [3.8, 4) is 11.5 Å². The summed E-state index contributed by atoms with van der Waals surface area (Å²) in [6.07, 6.45) is 0. The number of sulfonamides is 1. The highest BCUT2D eigenvalue weighted by molar-refractivity contribution is 7.88. The lowest BCUT2D eigenvalue weighted by molar-refractivity contribution is -0.917. The van der Waals surface area contributed by atoms with E-state index in [1.165, 1.54) is 10.5 Å². The van der Waals surface area contributed by atoms with Gasteiger partial charge in [0.15, 0.2) is 11.5 Å². The minimum Gasteiger partial charge on any atom is -0.454 e. The summed E-state index contributed by atoms with van der Waals surface area (Å²) in [5.74, 6) is 1.52. The van der Waals surface area contributed by atoms with E-state index in [4.69, 9.17) is 21.1 Å². The highest BCUT2D eigenvalue weighted by Gasteiger charge is 2.29. The third-order valence-electron chi connectivity index (χ3n) is 5.01. The molecule has 0 radical (unpaired) electrons. The Balaban J connectivity index is 1.35. The molecule has 2 aliphatic heterocycles. The van der Waals surface area contributed by atoms with Crippen LogP contribution in [0.1, 0.15) is 11.1 Å². The van der Waals surface area contributed by atoms with Gasteiger partial charge in [-0.25, -0.2) is 8.42 Å². The SMILES string of the molecule is O=S(=O)(Cc1ccccc1Cl)N1CC[NH+](Cc2ccc3c(c2)OCO3)CC1. The molecule has 144 valence electrons. The van der Waals surface area contributed by atoms with Gasteiger partial charge in [-0.2, -0.15) is 4.31 Å². The molecule has 1 saturated heterocycles. The van der Waals surface area contributed by atoms with E-state index in [2.05, 4.69) is 0 Å². The van der Waals surface area contributed by atoms with Gasteiger partial charge in [-0.05, 0) is 29.8 Å². The summed E-state index contributed by atoms with van der Waals surface area (Å²) in [6, 6.07) is 13.1. The second-order valence-electron chi connectivity index (χ2n) is 6.86. The van der Waals surface area contributed by atoms with E-state index in [0.29, 0.717) is 23.7 Å².